The Morgan fingerprint density at radius 1 is 1.53 bits per heavy atom. The molecule has 1 aliphatic rings. The summed E-state index contributed by atoms with van der Waals surface area (Å²) in [6.07, 6.45) is 2.07. The van der Waals surface area contributed by atoms with Crippen LogP contribution >= 0.6 is 11.8 Å². The first-order valence-electron chi connectivity index (χ1n) is 6.02. The van der Waals surface area contributed by atoms with Crippen LogP contribution in [0.3, 0.4) is 0 Å². The van der Waals surface area contributed by atoms with Crippen molar-refractivity contribution < 1.29 is 13.9 Å². The van der Waals surface area contributed by atoms with Gasteiger partial charge in [0.05, 0.1) is 25.1 Å². The van der Waals surface area contributed by atoms with Crippen molar-refractivity contribution >= 4 is 33.7 Å². The summed E-state index contributed by atoms with van der Waals surface area (Å²) in [7, 11) is 1.40. The fourth-order valence-electron chi connectivity index (χ4n) is 2.09. The van der Waals surface area contributed by atoms with Crippen LogP contribution in [0.2, 0.25) is 0 Å². The van der Waals surface area contributed by atoms with Crippen LogP contribution in [0, 0.1) is 0 Å². The van der Waals surface area contributed by atoms with Crippen molar-refractivity contribution in [3.63, 3.8) is 0 Å². The van der Waals surface area contributed by atoms with E-state index >= 15 is 0 Å². The molecular formula is C14H13NO3S. The Morgan fingerprint density at radius 2 is 2.37 bits per heavy atom. The molecule has 0 saturated carbocycles. The van der Waals surface area contributed by atoms with Crippen molar-refractivity contribution in [2.24, 2.45) is 4.99 Å². The molecule has 0 aliphatic carbocycles. The van der Waals surface area contributed by atoms with Crippen LogP contribution in [0.4, 0.5) is 0 Å². The Kier molecular flexibility index (Phi) is 3.29. The predicted octanol–water partition coefficient (Wildman–Crippen LogP) is 2.86. The highest BCUT2D eigenvalue weighted by molar-refractivity contribution is 8.14. The second-order valence-electron chi connectivity index (χ2n) is 4.32. The molecule has 1 atom stereocenters. The van der Waals surface area contributed by atoms with Gasteiger partial charge in [-0.25, -0.2) is 0 Å². The van der Waals surface area contributed by atoms with Crippen molar-refractivity contribution in [3.8, 4) is 0 Å². The molecule has 3 rings (SSSR count). The van der Waals surface area contributed by atoms with Crippen LogP contribution in [0.1, 0.15) is 12.0 Å². The number of rotatable bonds is 3. The number of esters is 1. The molecule has 0 spiro atoms. The second kappa shape index (κ2) is 5.09. The van der Waals surface area contributed by atoms with E-state index in [1.807, 2.05) is 24.3 Å². The van der Waals surface area contributed by atoms with Gasteiger partial charge < -0.3 is 9.15 Å². The first kappa shape index (κ1) is 12.3. The Labute approximate surface area is 114 Å². The maximum Gasteiger partial charge on any atom is 0.307 e. The van der Waals surface area contributed by atoms with Crippen molar-refractivity contribution in [2.45, 2.75) is 12.5 Å². The lowest BCUT2D eigenvalue weighted by molar-refractivity contribution is -0.140. The van der Waals surface area contributed by atoms with Gasteiger partial charge in [-0.2, -0.15) is 0 Å². The van der Waals surface area contributed by atoms with E-state index in [4.69, 9.17) is 4.42 Å². The normalized spacial score (nSPS) is 18.6. The van der Waals surface area contributed by atoms with E-state index in [2.05, 4.69) is 9.73 Å². The topological polar surface area (TPSA) is 51.8 Å². The molecule has 0 fully saturated rings. The highest BCUT2D eigenvalue weighted by Gasteiger charge is 2.24. The van der Waals surface area contributed by atoms with Crippen LogP contribution in [-0.4, -0.2) is 29.9 Å². The minimum absolute atomic E-state index is 0.00103. The zero-order valence-corrected chi connectivity index (χ0v) is 11.3. The molecule has 1 aromatic carbocycles. The second-order valence-corrected chi connectivity index (χ2v) is 5.33. The molecule has 5 heteroatoms. The number of hydrogen-bond acceptors (Lipinski definition) is 5. The van der Waals surface area contributed by atoms with Gasteiger partial charge in [0.15, 0.2) is 0 Å². The summed E-state index contributed by atoms with van der Waals surface area (Å²) >= 11 is 1.66. The SMILES string of the molecule is COC(=O)CC1CSC(c2coc3ccccc23)=N1. The molecule has 0 bridgehead atoms. The Balaban J connectivity index is 1.87. The number of carbonyl (C=O) groups excluding carboxylic acids is 1. The monoisotopic (exact) mass is 275 g/mol. The number of nitrogens with zero attached hydrogens (tertiary/aromatic N) is 1. The lowest BCUT2D eigenvalue weighted by Gasteiger charge is -2.02. The molecule has 19 heavy (non-hydrogen) atoms. The summed E-state index contributed by atoms with van der Waals surface area (Å²) in [5.41, 5.74) is 1.87. The number of para-hydroxylation sites is 1. The Hall–Kier alpha value is -1.75. The fourth-order valence-corrected chi connectivity index (χ4v) is 3.17. The van der Waals surface area contributed by atoms with E-state index in [9.17, 15) is 4.79 Å². The first-order valence-corrected chi connectivity index (χ1v) is 7.00. The van der Waals surface area contributed by atoms with Gasteiger partial charge in [0.2, 0.25) is 0 Å². The van der Waals surface area contributed by atoms with Gasteiger partial charge in [0.25, 0.3) is 0 Å². The van der Waals surface area contributed by atoms with E-state index < -0.39 is 0 Å². The maximum absolute atomic E-state index is 11.3. The van der Waals surface area contributed by atoms with Crippen molar-refractivity contribution in [3.05, 3.63) is 36.1 Å². The van der Waals surface area contributed by atoms with Gasteiger partial charge in [0, 0.05) is 11.1 Å². The number of ether oxygens (including phenoxy) is 1. The summed E-state index contributed by atoms with van der Waals surface area (Å²) in [6, 6.07) is 7.88. The van der Waals surface area contributed by atoms with Gasteiger partial charge in [-0.3, -0.25) is 9.79 Å². The van der Waals surface area contributed by atoms with Crippen LogP contribution in [0.15, 0.2) is 39.9 Å². The van der Waals surface area contributed by atoms with E-state index in [1.54, 1.807) is 18.0 Å². The average Bonchev–Trinajstić information content (AvgIpc) is 3.04. The number of thioether (sulfide) groups is 1. The smallest absolute Gasteiger partial charge is 0.307 e. The summed E-state index contributed by atoms with van der Waals surface area (Å²) in [4.78, 5) is 15.8. The number of aliphatic imine (C=N–C) groups is 1. The molecule has 1 aliphatic heterocycles. The standard InChI is InChI=1S/C14H13NO3S/c1-17-13(16)6-9-8-19-14(15-9)11-7-18-12-5-3-2-4-10(11)12/h2-5,7,9H,6,8H2,1H3. The van der Waals surface area contributed by atoms with E-state index in [1.165, 1.54) is 7.11 Å². The molecule has 2 heterocycles. The molecule has 4 nitrogen and oxygen atoms in total. The molecule has 0 radical (unpaired) electrons. The largest absolute Gasteiger partial charge is 0.469 e. The van der Waals surface area contributed by atoms with Crippen molar-refractivity contribution in [1.29, 1.82) is 0 Å². The van der Waals surface area contributed by atoms with Crippen LogP contribution < -0.4 is 0 Å². The van der Waals surface area contributed by atoms with Crippen LogP contribution in [0.25, 0.3) is 11.0 Å². The van der Waals surface area contributed by atoms with Crippen LogP contribution in [0.5, 0.6) is 0 Å². The highest BCUT2D eigenvalue weighted by atomic mass is 32.2. The van der Waals surface area contributed by atoms with Gasteiger partial charge in [0.1, 0.15) is 16.9 Å². The number of hydrogen-bond donors (Lipinski definition) is 0. The zero-order valence-electron chi connectivity index (χ0n) is 10.5. The van der Waals surface area contributed by atoms with E-state index in [-0.39, 0.29) is 12.0 Å². The molecule has 0 amide bonds. The van der Waals surface area contributed by atoms with Gasteiger partial charge in [-0.05, 0) is 6.07 Å². The molecule has 0 N–H and O–H groups in total. The Morgan fingerprint density at radius 3 is 3.21 bits per heavy atom. The minimum Gasteiger partial charge on any atom is -0.469 e. The fraction of sp³-hybridized carbons (Fsp3) is 0.286. The lowest BCUT2D eigenvalue weighted by atomic mass is 10.2. The number of carbonyl (C=O) groups is 1. The first-order chi connectivity index (χ1) is 9.28. The Bertz CT molecular complexity index is 647. The summed E-state index contributed by atoms with van der Waals surface area (Å²) in [6.45, 7) is 0. The maximum atomic E-state index is 11.3. The number of furan rings is 1. The number of benzene rings is 1. The number of fused-ring (bicyclic) bond motifs is 1. The predicted molar refractivity (Wildman–Crippen MR) is 75.6 cm³/mol. The van der Waals surface area contributed by atoms with E-state index in [0.717, 1.165) is 27.3 Å². The van der Waals surface area contributed by atoms with Crippen molar-refractivity contribution in [1.82, 2.24) is 0 Å². The van der Waals surface area contributed by atoms with Crippen molar-refractivity contribution in [2.75, 3.05) is 12.9 Å². The van der Waals surface area contributed by atoms with E-state index in [0.29, 0.717) is 6.42 Å². The van der Waals surface area contributed by atoms with Gasteiger partial charge in [-0.15, -0.1) is 11.8 Å². The average molecular weight is 275 g/mol. The zero-order chi connectivity index (χ0) is 13.2. The third kappa shape index (κ3) is 2.38. The third-order valence-electron chi connectivity index (χ3n) is 3.05. The molecule has 98 valence electrons. The molecule has 2 aromatic rings. The third-order valence-corrected chi connectivity index (χ3v) is 4.20. The number of methoxy groups -OCH3 is 1. The quantitative estimate of drug-likeness (QED) is 0.808. The lowest BCUT2D eigenvalue weighted by Crippen LogP contribution is -2.12. The molecule has 1 aromatic heterocycles. The van der Waals surface area contributed by atoms with Gasteiger partial charge >= 0.3 is 5.97 Å². The molecule has 1 unspecified atom stereocenters. The van der Waals surface area contributed by atoms with Crippen LogP contribution in [-0.2, 0) is 9.53 Å². The molecular weight excluding hydrogens is 262 g/mol. The summed E-state index contributed by atoms with van der Waals surface area (Å²) in [5, 5.41) is 2.01. The van der Waals surface area contributed by atoms with Gasteiger partial charge in [-0.1, -0.05) is 18.2 Å². The summed E-state index contributed by atoms with van der Waals surface area (Å²) in [5.74, 6) is 0.594. The summed E-state index contributed by atoms with van der Waals surface area (Å²) < 4.78 is 10.2. The molecule has 0 saturated heterocycles. The minimum atomic E-state index is -0.215. The highest BCUT2D eigenvalue weighted by Crippen LogP contribution is 2.30.